The highest BCUT2D eigenvalue weighted by Crippen LogP contribution is 2.61. The molecule has 2 aromatic heterocycles. The van der Waals surface area contributed by atoms with Gasteiger partial charge in [-0.2, -0.15) is 0 Å². The molecule has 4 aliphatic carbocycles. The number of hydrogen-bond donors (Lipinski definition) is 0. The van der Waals surface area contributed by atoms with E-state index in [0.717, 1.165) is 34.8 Å². The molecule has 2 heterocycles. The van der Waals surface area contributed by atoms with Gasteiger partial charge in [0.1, 0.15) is 5.52 Å². The average molecular weight is 465 g/mol. The number of thioether (sulfide) groups is 1. The third-order valence-electron chi connectivity index (χ3n) is 7.17. The molecule has 0 aliphatic heterocycles. The van der Waals surface area contributed by atoms with Crippen molar-refractivity contribution in [3.8, 4) is 0 Å². The summed E-state index contributed by atoms with van der Waals surface area (Å²) in [5.41, 5.74) is 3.66. The van der Waals surface area contributed by atoms with Crippen LogP contribution in [0.3, 0.4) is 0 Å². The first-order valence-corrected chi connectivity index (χ1v) is 12.9. The predicted molar refractivity (Wildman–Crippen MR) is 120 cm³/mol. The summed E-state index contributed by atoms with van der Waals surface area (Å²) in [7, 11) is 0. The van der Waals surface area contributed by atoms with E-state index in [-0.39, 0.29) is 0 Å². The second kappa shape index (κ2) is 6.88. The minimum atomic E-state index is 0.377. The van der Waals surface area contributed by atoms with Crippen molar-refractivity contribution in [1.82, 2.24) is 9.97 Å². The Morgan fingerprint density at radius 3 is 2.52 bits per heavy atom. The number of rotatable bonds is 4. The number of thiazole rings is 1. The van der Waals surface area contributed by atoms with Gasteiger partial charge in [0.25, 0.3) is 5.22 Å². The van der Waals surface area contributed by atoms with Crippen LogP contribution in [0.15, 0.2) is 21.1 Å². The van der Waals surface area contributed by atoms with E-state index in [4.69, 9.17) is 32.6 Å². The van der Waals surface area contributed by atoms with Crippen LogP contribution in [0.1, 0.15) is 54.8 Å². The van der Waals surface area contributed by atoms with Crippen molar-refractivity contribution in [3.63, 3.8) is 0 Å². The fourth-order valence-electron chi connectivity index (χ4n) is 6.26. The van der Waals surface area contributed by atoms with Gasteiger partial charge in [-0.1, -0.05) is 35.0 Å². The molecule has 7 rings (SSSR count). The molecule has 4 fully saturated rings. The van der Waals surface area contributed by atoms with Gasteiger partial charge in [-0.05, 0) is 74.8 Å². The number of oxazole rings is 1. The maximum atomic E-state index is 6.38. The van der Waals surface area contributed by atoms with Gasteiger partial charge in [-0.3, -0.25) is 0 Å². The standard InChI is InChI=1S/C22H22Cl2N2OS2/c1-11-16(23)5-17-19(18(11)24)27-21(26-17)29-10-15-9-28-20(25-15)22-6-12-2-13(7-22)4-14(3-12)8-22/h5,9,12-14H,2-4,6-8,10H2,1H3. The molecule has 4 bridgehead atoms. The molecule has 0 amide bonds. The molecule has 0 unspecified atom stereocenters. The monoisotopic (exact) mass is 464 g/mol. The molecular formula is C22H22Cl2N2OS2. The smallest absolute Gasteiger partial charge is 0.257 e. The van der Waals surface area contributed by atoms with Crippen molar-refractivity contribution in [1.29, 1.82) is 0 Å². The Hall–Kier alpha value is -0.750. The topological polar surface area (TPSA) is 38.9 Å². The largest absolute Gasteiger partial charge is 0.430 e. The fourth-order valence-corrected chi connectivity index (χ4v) is 8.62. The first-order chi connectivity index (χ1) is 14.0. The van der Waals surface area contributed by atoms with Crippen LogP contribution < -0.4 is 0 Å². The second-order valence-corrected chi connectivity index (χ2v) is 11.8. The lowest BCUT2D eigenvalue weighted by molar-refractivity contribution is -0.00532. The van der Waals surface area contributed by atoms with E-state index < -0.39 is 0 Å². The van der Waals surface area contributed by atoms with E-state index in [1.165, 1.54) is 43.5 Å². The lowest BCUT2D eigenvalue weighted by Gasteiger charge is -2.56. The van der Waals surface area contributed by atoms with Gasteiger partial charge in [0, 0.05) is 21.6 Å². The molecule has 0 spiro atoms. The Labute approximate surface area is 188 Å². The van der Waals surface area contributed by atoms with Gasteiger partial charge >= 0.3 is 0 Å². The molecule has 0 N–H and O–H groups in total. The number of aromatic nitrogens is 2. The van der Waals surface area contributed by atoms with Gasteiger partial charge in [-0.25, -0.2) is 9.97 Å². The Balaban J connectivity index is 1.21. The van der Waals surface area contributed by atoms with Crippen molar-refractivity contribution in [2.45, 2.75) is 61.8 Å². The summed E-state index contributed by atoms with van der Waals surface area (Å²) in [4.78, 5) is 9.65. The third kappa shape index (κ3) is 3.15. The average Bonchev–Trinajstić information content (AvgIpc) is 3.31. The zero-order valence-corrected chi connectivity index (χ0v) is 19.4. The zero-order valence-electron chi connectivity index (χ0n) is 16.2. The molecule has 1 aromatic carbocycles. The summed E-state index contributed by atoms with van der Waals surface area (Å²) in [5.74, 6) is 3.60. The molecule has 0 saturated heterocycles. The van der Waals surface area contributed by atoms with Gasteiger partial charge in [0.15, 0.2) is 5.58 Å². The highest BCUT2D eigenvalue weighted by atomic mass is 35.5. The molecule has 29 heavy (non-hydrogen) atoms. The Kier molecular flexibility index (Phi) is 4.50. The van der Waals surface area contributed by atoms with Crippen LogP contribution in [0.5, 0.6) is 0 Å². The van der Waals surface area contributed by atoms with Gasteiger partial charge < -0.3 is 4.42 Å². The van der Waals surface area contributed by atoms with Crippen LogP contribution in [0, 0.1) is 24.7 Å². The van der Waals surface area contributed by atoms with Crippen LogP contribution in [0.25, 0.3) is 11.1 Å². The van der Waals surface area contributed by atoms with E-state index in [9.17, 15) is 0 Å². The van der Waals surface area contributed by atoms with Crippen LogP contribution in [-0.2, 0) is 11.2 Å². The van der Waals surface area contributed by atoms with Gasteiger partial charge in [-0.15, -0.1) is 11.3 Å². The summed E-state index contributed by atoms with van der Waals surface area (Å²) in [5, 5.41) is 5.40. The molecule has 0 atom stereocenters. The summed E-state index contributed by atoms with van der Waals surface area (Å²) in [6.07, 6.45) is 8.50. The van der Waals surface area contributed by atoms with E-state index in [2.05, 4.69) is 10.4 Å². The van der Waals surface area contributed by atoms with E-state index in [1.807, 2.05) is 24.3 Å². The summed E-state index contributed by atoms with van der Waals surface area (Å²) in [6.45, 7) is 1.89. The molecular weight excluding hydrogens is 443 g/mol. The fraction of sp³-hybridized carbons (Fsp3) is 0.545. The first-order valence-electron chi connectivity index (χ1n) is 10.3. The maximum absolute atomic E-state index is 6.38. The molecule has 0 radical (unpaired) electrons. The molecule has 152 valence electrons. The van der Waals surface area contributed by atoms with Crippen LogP contribution in [-0.4, -0.2) is 9.97 Å². The molecule has 4 saturated carbocycles. The Morgan fingerprint density at radius 1 is 1.14 bits per heavy atom. The lowest BCUT2D eigenvalue weighted by atomic mass is 9.50. The molecule has 7 heteroatoms. The molecule has 3 nitrogen and oxygen atoms in total. The summed E-state index contributed by atoms with van der Waals surface area (Å²) >= 11 is 16.0. The van der Waals surface area contributed by atoms with Crippen molar-refractivity contribution in [2.24, 2.45) is 17.8 Å². The summed E-state index contributed by atoms with van der Waals surface area (Å²) < 4.78 is 5.90. The van der Waals surface area contributed by atoms with Crippen molar-refractivity contribution in [3.05, 3.63) is 37.8 Å². The molecule has 4 aliphatic rings. The van der Waals surface area contributed by atoms with Crippen molar-refractivity contribution < 1.29 is 4.42 Å². The van der Waals surface area contributed by atoms with Crippen molar-refractivity contribution >= 4 is 57.4 Å². The maximum Gasteiger partial charge on any atom is 0.257 e. The Morgan fingerprint density at radius 2 is 1.83 bits per heavy atom. The zero-order chi connectivity index (χ0) is 19.8. The predicted octanol–water partition coefficient (Wildman–Crippen LogP) is 7.66. The van der Waals surface area contributed by atoms with Crippen LogP contribution >= 0.6 is 46.3 Å². The number of halogens is 2. The van der Waals surface area contributed by atoms with E-state index in [0.29, 0.717) is 31.8 Å². The molecule has 3 aromatic rings. The number of nitrogens with zero attached hydrogens (tertiary/aromatic N) is 2. The normalized spacial score (nSPS) is 30.5. The van der Waals surface area contributed by atoms with Gasteiger partial charge in [0.05, 0.1) is 15.7 Å². The van der Waals surface area contributed by atoms with Crippen molar-refractivity contribution in [2.75, 3.05) is 0 Å². The van der Waals surface area contributed by atoms with E-state index >= 15 is 0 Å². The third-order valence-corrected chi connectivity index (χ3v) is 10.0. The lowest BCUT2D eigenvalue weighted by Crippen LogP contribution is -2.48. The highest BCUT2D eigenvalue weighted by molar-refractivity contribution is 7.98. The first kappa shape index (κ1) is 19.0. The van der Waals surface area contributed by atoms with Gasteiger partial charge in [0.2, 0.25) is 0 Å². The Bertz CT molecular complexity index is 1070. The summed E-state index contributed by atoms with van der Waals surface area (Å²) in [6, 6.07) is 1.82. The minimum absolute atomic E-state index is 0.377. The minimum Gasteiger partial charge on any atom is -0.430 e. The van der Waals surface area contributed by atoms with Crippen LogP contribution in [0.4, 0.5) is 0 Å². The number of fused-ring (bicyclic) bond motifs is 1. The van der Waals surface area contributed by atoms with Crippen LogP contribution in [0.2, 0.25) is 10.0 Å². The quantitative estimate of drug-likeness (QED) is 0.371. The van der Waals surface area contributed by atoms with E-state index in [1.54, 1.807) is 11.8 Å². The number of hydrogen-bond acceptors (Lipinski definition) is 5. The highest BCUT2D eigenvalue weighted by Gasteiger charge is 2.52. The number of benzene rings is 1. The SMILES string of the molecule is Cc1c(Cl)cc2nc(SCc3csc(C45CC6CC(CC(C6)C4)C5)n3)oc2c1Cl. The second-order valence-electron chi connectivity index (χ2n) is 9.26.